The van der Waals surface area contributed by atoms with E-state index in [-0.39, 0.29) is 12.1 Å². The molecule has 1 heterocycles. The summed E-state index contributed by atoms with van der Waals surface area (Å²) in [7, 11) is 1.95. The second-order valence-corrected chi connectivity index (χ2v) is 5.35. The Morgan fingerprint density at radius 2 is 2.06 bits per heavy atom. The van der Waals surface area contributed by atoms with Gasteiger partial charge in [-0.15, -0.1) is 0 Å². The molecule has 2 N–H and O–H groups in total. The monoisotopic (exact) mass is 252 g/mol. The molecule has 3 unspecified atom stereocenters. The molecule has 1 aromatic rings. The topological polar surface area (TPSA) is 47.1 Å². The Balaban J connectivity index is 2.88. The largest absolute Gasteiger partial charge is 0.326 e. The summed E-state index contributed by atoms with van der Waals surface area (Å²) in [5, 5.41) is 4.27. The lowest BCUT2D eigenvalue weighted by molar-refractivity contribution is 0.160. The molecular formula is C14H28N4. The Bertz CT molecular complexity index is 345. The third kappa shape index (κ3) is 3.82. The van der Waals surface area contributed by atoms with Gasteiger partial charge in [-0.2, -0.15) is 5.10 Å². The van der Waals surface area contributed by atoms with Crippen LogP contribution >= 0.6 is 0 Å². The Morgan fingerprint density at radius 1 is 1.39 bits per heavy atom. The van der Waals surface area contributed by atoms with Crippen LogP contribution in [0.3, 0.4) is 0 Å². The van der Waals surface area contributed by atoms with Crippen LogP contribution in [0.25, 0.3) is 0 Å². The number of aromatic nitrogens is 2. The highest BCUT2D eigenvalue weighted by Crippen LogP contribution is 2.24. The average molecular weight is 252 g/mol. The molecule has 1 aromatic heterocycles. The summed E-state index contributed by atoms with van der Waals surface area (Å²) in [4.78, 5) is 2.47. The molecule has 0 aliphatic carbocycles. The van der Waals surface area contributed by atoms with Gasteiger partial charge in [0, 0.05) is 31.4 Å². The van der Waals surface area contributed by atoms with Crippen molar-refractivity contribution in [3.63, 3.8) is 0 Å². The number of rotatable bonds is 7. The summed E-state index contributed by atoms with van der Waals surface area (Å²) in [5.74, 6) is 0.697. The van der Waals surface area contributed by atoms with Crippen LogP contribution in [-0.2, 0) is 7.05 Å². The minimum Gasteiger partial charge on any atom is -0.326 e. The first kappa shape index (κ1) is 15.2. The minimum absolute atomic E-state index is 0.109. The fraction of sp³-hybridized carbons (Fsp3) is 0.786. The van der Waals surface area contributed by atoms with Gasteiger partial charge in [0.25, 0.3) is 0 Å². The van der Waals surface area contributed by atoms with Gasteiger partial charge in [0.2, 0.25) is 0 Å². The van der Waals surface area contributed by atoms with E-state index in [1.807, 2.05) is 17.9 Å². The van der Waals surface area contributed by atoms with Crippen molar-refractivity contribution >= 4 is 0 Å². The molecule has 18 heavy (non-hydrogen) atoms. The normalized spacial score (nSPS) is 16.8. The summed E-state index contributed by atoms with van der Waals surface area (Å²) in [6.07, 6.45) is 5.22. The molecule has 104 valence electrons. The summed E-state index contributed by atoms with van der Waals surface area (Å²) in [5.41, 5.74) is 7.41. The first-order valence-corrected chi connectivity index (χ1v) is 6.97. The van der Waals surface area contributed by atoms with Crippen molar-refractivity contribution in [1.29, 1.82) is 0 Å². The van der Waals surface area contributed by atoms with Gasteiger partial charge in [-0.05, 0) is 19.4 Å². The molecule has 3 atom stereocenters. The van der Waals surface area contributed by atoms with E-state index in [1.165, 1.54) is 12.0 Å². The fourth-order valence-corrected chi connectivity index (χ4v) is 2.41. The zero-order chi connectivity index (χ0) is 13.7. The molecule has 0 saturated carbocycles. The van der Waals surface area contributed by atoms with E-state index in [0.717, 1.165) is 13.1 Å². The highest BCUT2D eigenvalue weighted by Gasteiger charge is 2.25. The summed E-state index contributed by atoms with van der Waals surface area (Å²) in [6, 6.07) is 0.371. The van der Waals surface area contributed by atoms with Crippen LogP contribution in [0.4, 0.5) is 0 Å². The molecule has 4 nitrogen and oxygen atoms in total. The Kier molecular flexibility index (Phi) is 5.82. The van der Waals surface area contributed by atoms with Gasteiger partial charge in [0.1, 0.15) is 0 Å². The number of likely N-dealkylation sites (N-methyl/N-ethyl adjacent to an activating group) is 1. The standard InChI is InChI=1S/C14H28N4/c1-6-11(3)9-18(7-2)14(12(4)15)13-8-16-17(5)10-13/h8,10-12,14H,6-7,9,15H2,1-5H3. The molecule has 0 aliphatic heterocycles. The highest BCUT2D eigenvalue weighted by molar-refractivity contribution is 5.13. The zero-order valence-corrected chi connectivity index (χ0v) is 12.4. The van der Waals surface area contributed by atoms with Crippen molar-refractivity contribution in [3.05, 3.63) is 18.0 Å². The molecule has 0 aromatic carbocycles. The van der Waals surface area contributed by atoms with E-state index >= 15 is 0 Å². The molecule has 0 saturated heterocycles. The van der Waals surface area contributed by atoms with E-state index in [2.05, 4.69) is 43.9 Å². The third-order valence-electron chi connectivity index (χ3n) is 3.61. The predicted molar refractivity (Wildman–Crippen MR) is 76.3 cm³/mol. The maximum atomic E-state index is 6.19. The van der Waals surface area contributed by atoms with Gasteiger partial charge in [0.15, 0.2) is 0 Å². The predicted octanol–water partition coefficient (Wildman–Crippen LogP) is 2.18. The van der Waals surface area contributed by atoms with E-state index in [1.54, 1.807) is 0 Å². The highest BCUT2D eigenvalue weighted by atomic mass is 15.3. The molecule has 1 rings (SSSR count). The van der Waals surface area contributed by atoms with Crippen molar-refractivity contribution in [2.75, 3.05) is 13.1 Å². The number of nitrogens with zero attached hydrogens (tertiary/aromatic N) is 3. The van der Waals surface area contributed by atoms with Crippen LogP contribution in [0.1, 0.15) is 45.7 Å². The molecule has 0 aliphatic rings. The van der Waals surface area contributed by atoms with E-state index in [4.69, 9.17) is 5.73 Å². The van der Waals surface area contributed by atoms with Crippen LogP contribution < -0.4 is 5.73 Å². The molecule has 0 radical (unpaired) electrons. The van der Waals surface area contributed by atoms with Crippen LogP contribution in [0.15, 0.2) is 12.4 Å². The maximum Gasteiger partial charge on any atom is 0.0538 e. The van der Waals surface area contributed by atoms with E-state index in [0.29, 0.717) is 5.92 Å². The number of nitrogens with two attached hydrogens (primary N) is 1. The molecule has 0 amide bonds. The van der Waals surface area contributed by atoms with Gasteiger partial charge in [-0.25, -0.2) is 0 Å². The molecule has 0 spiro atoms. The van der Waals surface area contributed by atoms with Crippen LogP contribution in [0.2, 0.25) is 0 Å². The molecule has 0 fully saturated rings. The molecular weight excluding hydrogens is 224 g/mol. The van der Waals surface area contributed by atoms with Crippen molar-refractivity contribution in [1.82, 2.24) is 14.7 Å². The van der Waals surface area contributed by atoms with Crippen molar-refractivity contribution in [3.8, 4) is 0 Å². The minimum atomic E-state index is 0.109. The average Bonchev–Trinajstić information content (AvgIpc) is 2.73. The lowest BCUT2D eigenvalue weighted by Crippen LogP contribution is -2.41. The lowest BCUT2D eigenvalue weighted by Gasteiger charge is -2.34. The van der Waals surface area contributed by atoms with Crippen molar-refractivity contribution in [2.45, 2.75) is 46.2 Å². The van der Waals surface area contributed by atoms with Gasteiger partial charge < -0.3 is 5.73 Å². The summed E-state index contributed by atoms with van der Waals surface area (Å²) < 4.78 is 1.85. The van der Waals surface area contributed by atoms with Crippen LogP contribution in [0, 0.1) is 5.92 Å². The Morgan fingerprint density at radius 3 is 2.44 bits per heavy atom. The summed E-state index contributed by atoms with van der Waals surface area (Å²) >= 11 is 0. The Hall–Kier alpha value is -0.870. The second-order valence-electron chi connectivity index (χ2n) is 5.35. The molecule has 0 bridgehead atoms. The SMILES string of the molecule is CCC(C)CN(CC)C(c1cnn(C)c1)C(C)N. The number of aryl methyl sites for hydroxylation is 1. The summed E-state index contributed by atoms with van der Waals surface area (Å²) in [6.45, 7) is 10.9. The van der Waals surface area contributed by atoms with Crippen molar-refractivity contribution in [2.24, 2.45) is 18.7 Å². The van der Waals surface area contributed by atoms with Gasteiger partial charge in [0.05, 0.1) is 12.2 Å². The molecule has 4 heteroatoms. The van der Waals surface area contributed by atoms with Crippen LogP contribution in [0.5, 0.6) is 0 Å². The van der Waals surface area contributed by atoms with Gasteiger partial charge >= 0.3 is 0 Å². The van der Waals surface area contributed by atoms with E-state index < -0.39 is 0 Å². The fourth-order valence-electron chi connectivity index (χ4n) is 2.41. The van der Waals surface area contributed by atoms with Gasteiger partial charge in [-0.1, -0.05) is 27.2 Å². The smallest absolute Gasteiger partial charge is 0.0538 e. The number of hydrogen-bond acceptors (Lipinski definition) is 3. The van der Waals surface area contributed by atoms with E-state index in [9.17, 15) is 0 Å². The second kappa shape index (κ2) is 6.90. The van der Waals surface area contributed by atoms with Crippen molar-refractivity contribution < 1.29 is 0 Å². The first-order chi connectivity index (χ1) is 8.49. The lowest BCUT2D eigenvalue weighted by atomic mass is 10.00. The van der Waals surface area contributed by atoms with Gasteiger partial charge in [-0.3, -0.25) is 9.58 Å². The Labute approximate surface area is 111 Å². The maximum absolute atomic E-state index is 6.19. The first-order valence-electron chi connectivity index (χ1n) is 6.97. The number of hydrogen-bond donors (Lipinski definition) is 1. The quantitative estimate of drug-likeness (QED) is 0.809. The zero-order valence-electron chi connectivity index (χ0n) is 12.4. The van der Waals surface area contributed by atoms with Crippen LogP contribution in [-0.4, -0.2) is 33.8 Å². The third-order valence-corrected chi connectivity index (χ3v) is 3.61.